The number of carboxylic acid groups (broad SMARTS) is 1. The molecule has 1 atom stereocenters. The molecule has 0 aromatic rings. The van der Waals surface area contributed by atoms with E-state index in [0.29, 0.717) is 0 Å². The van der Waals surface area contributed by atoms with Crippen LogP contribution < -0.4 is 0 Å². The summed E-state index contributed by atoms with van der Waals surface area (Å²) in [5, 5.41) is 8.30. The number of carbonyl (C=O) groups is 2. The van der Waals surface area contributed by atoms with Gasteiger partial charge in [0.05, 0.1) is 0 Å². The van der Waals surface area contributed by atoms with Crippen molar-refractivity contribution >= 4 is 35.0 Å². The fraction of sp³-hybridized carbons (Fsp3) is 0.778. The zero-order valence-electron chi connectivity index (χ0n) is 10.8. The Kier molecular flexibility index (Phi) is 10.7. The smallest absolute Gasteiger partial charge is 1.00 e. The summed E-state index contributed by atoms with van der Waals surface area (Å²) in [6.45, 7) is 3.90. The van der Waals surface area contributed by atoms with E-state index in [2.05, 4.69) is 0 Å². The number of aliphatic carboxylic acids is 1. The molecule has 80 valence electrons. The molecule has 0 saturated carbocycles. The third-order valence-corrected chi connectivity index (χ3v) is 1.66. The Morgan fingerprint density at radius 2 is 2.00 bits per heavy atom. The van der Waals surface area contributed by atoms with Crippen LogP contribution in [0.15, 0.2) is 0 Å². The van der Waals surface area contributed by atoms with Gasteiger partial charge in [-0.1, -0.05) is 20.3 Å². The van der Waals surface area contributed by atoms with Crippen molar-refractivity contribution in [3.63, 3.8) is 0 Å². The number of hydrogen-bond acceptors (Lipinski definition) is 3. The van der Waals surface area contributed by atoms with Crippen LogP contribution in [0, 0.1) is 0 Å². The van der Waals surface area contributed by atoms with Crippen molar-refractivity contribution in [2.45, 2.75) is 45.6 Å². The molecule has 4 nitrogen and oxygen atoms in total. The Hall–Kier alpha value is -0.294. The van der Waals surface area contributed by atoms with Gasteiger partial charge in [-0.3, -0.25) is 9.59 Å². The molecule has 14 heavy (non-hydrogen) atoms. The van der Waals surface area contributed by atoms with E-state index in [0.717, 1.165) is 19.3 Å². The molecule has 0 aromatic heterocycles. The van der Waals surface area contributed by atoms with Gasteiger partial charge in [0.25, 0.3) is 0 Å². The Morgan fingerprint density at radius 3 is 2.36 bits per heavy atom. The summed E-state index contributed by atoms with van der Waals surface area (Å²) in [7, 11) is 0. The molecule has 0 spiro atoms. The van der Waals surface area contributed by atoms with Crippen LogP contribution >= 0.6 is 0 Å². The first-order valence-corrected chi connectivity index (χ1v) is 4.51. The number of hydrogen-bond donors (Lipinski definition) is 1. The number of carboxylic acids is 1. The predicted octanol–water partition coefficient (Wildman–Crippen LogP) is 1.43. The Morgan fingerprint density at radius 1 is 1.43 bits per heavy atom. The van der Waals surface area contributed by atoms with Crippen LogP contribution in [0.25, 0.3) is 0 Å². The Labute approximate surface area is 103 Å². The molecule has 0 aliphatic rings. The minimum Gasteiger partial charge on any atom is -1.00 e. The zero-order valence-corrected chi connectivity index (χ0v) is 10.2. The summed E-state index contributed by atoms with van der Waals surface area (Å²) in [6.07, 6.45) is 1.79. The Balaban J connectivity index is -0.000000240. The van der Waals surface area contributed by atoms with Gasteiger partial charge in [0, 0.05) is 0 Å². The number of rotatable bonds is 6. The molecule has 5 heteroatoms. The normalized spacial score (nSPS) is 11.3. The van der Waals surface area contributed by atoms with Gasteiger partial charge >= 0.3 is 35.0 Å². The largest absolute Gasteiger partial charge is 2.00 e. The first-order valence-electron chi connectivity index (χ1n) is 4.51. The van der Waals surface area contributed by atoms with Crippen molar-refractivity contribution in [2.24, 2.45) is 0 Å². The molecular formula is C9H18MgO4. The van der Waals surface area contributed by atoms with E-state index in [9.17, 15) is 9.59 Å². The third-order valence-electron chi connectivity index (χ3n) is 1.66. The van der Waals surface area contributed by atoms with Crippen molar-refractivity contribution < 1.29 is 22.3 Å². The molecule has 0 rings (SSSR count). The maximum atomic E-state index is 10.9. The van der Waals surface area contributed by atoms with E-state index in [1.807, 2.05) is 13.8 Å². The van der Waals surface area contributed by atoms with Gasteiger partial charge in [-0.15, -0.1) is 0 Å². The summed E-state index contributed by atoms with van der Waals surface area (Å²) >= 11 is 0. The molecule has 0 fully saturated rings. The molecule has 0 saturated heterocycles. The van der Waals surface area contributed by atoms with Crippen LogP contribution in [0.3, 0.4) is 0 Å². The molecule has 1 unspecified atom stereocenters. The second-order valence-electron chi connectivity index (χ2n) is 2.88. The van der Waals surface area contributed by atoms with Gasteiger partial charge < -0.3 is 12.7 Å². The van der Waals surface area contributed by atoms with Crippen molar-refractivity contribution in [3.05, 3.63) is 0 Å². The van der Waals surface area contributed by atoms with Gasteiger partial charge in [0.2, 0.25) is 0 Å². The molecule has 0 aromatic carbocycles. The standard InChI is InChI=1S/C9H16O4.Mg.2H/c1-3-5-7(4-2)13-9(12)6-8(10)11;;;/h7H,3-6H2,1-2H3,(H,10,11);;;/q;+2;2*-1. The third kappa shape index (κ3) is 8.31. The van der Waals surface area contributed by atoms with E-state index < -0.39 is 18.4 Å². The quantitative estimate of drug-likeness (QED) is 0.413. The molecule has 0 amide bonds. The summed E-state index contributed by atoms with van der Waals surface area (Å²) in [6, 6.07) is 0. The van der Waals surface area contributed by atoms with E-state index in [1.165, 1.54) is 0 Å². The van der Waals surface area contributed by atoms with Crippen LogP contribution in [-0.2, 0) is 14.3 Å². The number of ether oxygens (including phenoxy) is 1. The molecule has 0 aliphatic carbocycles. The minimum atomic E-state index is -1.14. The second kappa shape index (κ2) is 9.27. The molecule has 0 heterocycles. The SMILES string of the molecule is CCCC(CC)OC(=O)CC(=O)O.[H-].[H-].[Mg+2]. The van der Waals surface area contributed by atoms with Crippen LogP contribution in [0.2, 0.25) is 0 Å². The maximum Gasteiger partial charge on any atom is 2.00 e. The molecule has 0 aliphatic heterocycles. The van der Waals surface area contributed by atoms with E-state index >= 15 is 0 Å². The number of esters is 1. The molecule has 1 N–H and O–H groups in total. The first-order chi connectivity index (χ1) is 6.10. The van der Waals surface area contributed by atoms with Gasteiger partial charge in [0.15, 0.2) is 0 Å². The summed E-state index contributed by atoms with van der Waals surface area (Å²) in [5.41, 5.74) is 0. The molecular weight excluding hydrogens is 196 g/mol. The summed E-state index contributed by atoms with van der Waals surface area (Å²) in [5.74, 6) is -1.79. The zero-order chi connectivity index (χ0) is 10.3. The van der Waals surface area contributed by atoms with Gasteiger partial charge in [0.1, 0.15) is 12.5 Å². The van der Waals surface area contributed by atoms with Gasteiger partial charge in [-0.2, -0.15) is 0 Å². The van der Waals surface area contributed by atoms with Crippen LogP contribution in [0.4, 0.5) is 0 Å². The van der Waals surface area contributed by atoms with Crippen molar-refractivity contribution in [3.8, 4) is 0 Å². The topological polar surface area (TPSA) is 63.6 Å². The van der Waals surface area contributed by atoms with E-state index in [-0.39, 0.29) is 32.0 Å². The van der Waals surface area contributed by atoms with Crippen LogP contribution in [-0.4, -0.2) is 46.2 Å². The van der Waals surface area contributed by atoms with Gasteiger partial charge in [-0.05, 0) is 12.8 Å². The second-order valence-corrected chi connectivity index (χ2v) is 2.88. The maximum absolute atomic E-state index is 10.9. The monoisotopic (exact) mass is 214 g/mol. The Bertz CT molecular complexity index is 190. The number of carbonyl (C=O) groups excluding carboxylic acids is 1. The van der Waals surface area contributed by atoms with Crippen LogP contribution in [0.1, 0.15) is 42.4 Å². The summed E-state index contributed by atoms with van der Waals surface area (Å²) < 4.78 is 4.93. The van der Waals surface area contributed by atoms with Crippen molar-refractivity contribution in [1.82, 2.24) is 0 Å². The average molecular weight is 215 g/mol. The molecule has 0 radical (unpaired) electrons. The fourth-order valence-corrected chi connectivity index (χ4v) is 1.02. The first kappa shape index (κ1) is 16.1. The van der Waals surface area contributed by atoms with E-state index in [4.69, 9.17) is 9.84 Å². The van der Waals surface area contributed by atoms with Crippen molar-refractivity contribution in [2.75, 3.05) is 0 Å². The average Bonchev–Trinajstić information content (AvgIpc) is 2.02. The molecule has 0 bridgehead atoms. The van der Waals surface area contributed by atoms with E-state index in [1.54, 1.807) is 0 Å². The van der Waals surface area contributed by atoms with Crippen molar-refractivity contribution in [1.29, 1.82) is 0 Å². The van der Waals surface area contributed by atoms with Crippen LogP contribution in [0.5, 0.6) is 0 Å². The fourth-order valence-electron chi connectivity index (χ4n) is 1.02. The predicted molar refractivity (Wildman–Crippen MR) is 55.3 cm³/mol. The summed E-state index contributed by atoms with van der Waals surface area (Å²) in [4.78, 5) is 21.0. The minimum absolute atomic E-state index is 0. The van der Waals surface area contributed by atoms with Gasteiger partial charge in [-0.25, -0.2) is 0 Å².